The molecule has 9 heteroatoms. The maximum absolute atomic E-state index is 13.4. The first-order valence-electron chi connectivity index (χ1n) is 8.81. The van der Waals surface area contributed by atoms with Crippen LogP contribution >= 0.6 is 0 Å². The summed E-state index contributed by atoms with van der Waals surface area (Å²) in [6.07, 6.45) is -4.67. The molecule has 2 N–H and O–H groups in total. The van der Waals surface area contributed by atoms with Crippen LogP contribution in [-0.2, 0) is 11.0 Å². The third-order valence-electron chi connectivity index (χ3n) is 4.58. The van der Waals surface area contributed by atoms with Gasteiger partial charge in [-0.2, -0.15) is 13.2 Å². The summed E-state index contributed by atoms with van der Waals surface area (Å²) in [5, 5.41) is 5.08. The minimum absolute atomic E-state index is 0.0416. The standard InChI is InChI=1S/C20H18F3N3O3/c1-12(27)13-6-8-14(9-7-13)25-19(29)26-11-10-24-18(28)17(26)15-4-2-3-5-16(15)20(21,22)23/h2-9,17H,10-11H2,1H3,(H,24,28)(H,25,29). The summed E-state index contributed by atoms with van der Waals surface area (Å²) in [5.41, 5.74) is -0.448. The number of nitrogens with one attached hydrogen (secondary N) is 2. The van der Waals surface area contributed by atoms with Crippen molar-refractivity contribution < 1.29 is 27.6 Å². The Bertz CT molecular complexity index is 942. The molecule has 1 unspecified atom stereocenters. The summed E-state index contributed by atoms with van der Waals surface area (Å²) in [4.78, 5) is 37.6. The maximum atomic E-state index is 13.4. The zero-order valence-corrected chi connectivity index (χ0v) is 15.4. The lowest BCUT2D eigenvalue weighted by Gasteiger charge is -2.36. The van der Waals surface area contributed by atoms with Crippen LogP contribution in [0.3, 0.4) is 0 Å². The van der Waals surface area contributed by atoms with Gasteiger partial charge in [-0.3, -0.25) is 9.59 Å². The Morgan fingerprint density at radius 1 is 1.10 bits per heavy atom. The Hall–Kier alpha value is -3.36. The van der Waals surface area contributed by atoms with Crippen molar-refractivity contribution in [2.45, 2.75) is 19.1 Å². The molecule has 0 spiro atoms. The van der Waals surface area contributed by atoms with Gasteiger partial charge in [0.25, 0.3) is 0 Å². The highest BCUT2D eigenvalue weighted by atomic mass is 19.4. The summed E-state index contributed by atoms with van der Waals surface area (Å²) in [7, 11) is 0. The van der Waals surface area contributed by atoms with Crippen molar-refractivity contribution in [3.8, 4) is 0 Å². The number of urea groups is 1. The van der Waals surface area contributed by atoms with Gasteiger partial charge in [-0.1, -0.05) is 18.2 Å². The van der Waals surface area contributed by atoms with Gasteiger partial charge in [0.15, 0.2) is 5.78 Å². The first-order valence-corrected chi connectivity index (χ1v) is 8.81. The van der Waals surface area contributed by atoms with Crippen molar-refractivity contribution >= 4 is 23.4 Å². The second kappa shape index (κ2) is 7.94. The third-order valence-corrected chi connectivity index (χ3v) is 4.58. The van der Waals surface area contributed by atoms with E-state index >= 15 is 0 Å². The normalized spacial score (nSPS) is 16.9. The molecule has 152 valence electrons. The SMILES string of the molecule is CC(=O)c1ccc(NC(=O)N2CCNC(=O)C2c2ccccc2C(F)(F)F)cc1. The number of amides is 3. The van der Waals surface area contributed by atoms with Gasteiger partial charge in [-0.05, 0) is 42.8 Å². The molecule has 0 saturated carbocycles. The summed E-state index contributed by atoms with van der Waals surface area (Å²) in [6, 6.07) is 8.64. The number of rotatable bonds is 3. The summed E-state index contributed by atoms with van der Waals surface area (Å²) >= 11 is 0. The number of hydrogen-bond donors (Lipinski definition) is 2. The number of ketones is 1. The zero-order valence-electron chi connectivity index (χ0n) is 15.4. The van der Waals surface area contributed by atoms with Gasteiger partial charge in [0.2, 0.25) is 5.91 Å². The van der Waals surface area contributed by atoms with Crippen LogP contribution in [0.4, 0.5) is 23.7 Å². The fourth-order valence-corrected chi connectivity index (χ4v) is 3.17. The largest absolute Gasteiger partial charge is 0.416 e. The molecule has 2 aromatic carbocycles. The molecule has 1 heterocycles. The van der Waals surface area contributed by atoms with Gasteiger partial charge in [-0.15, -0.1) is 0 Å². The topological polar surface area (TPSA) is 78.5 Å². The first-order chi connectivity index (χ1) is 13.7. The van der Waals surface area contributed by atoms with Crippen LogP contribution in [0, 0.1) is 0 Å². The number of anilines is 1. The molecule has 1 saturated heterocycles. The lowest BCUT2D eigenvalue weighted by atomic mass is 9.96. The van der Waals surface area contributed by atoms with Crippen molar-refractivity contribution in [1.29, 1.82) is 0 Å². The van der Waals surface area contributed by atoms with Crippen molar-refractivity contribution in [1.82, 2.24) is 10.2 Å². The van der Waals surface area contributed by atoms with Crippen LogP contribution in [0.15, 0.2) is 48.5 Å². The van der Waals surface area contributed by atoms with Crippen molar-refractivity contribution in [3.63, 3.8) is 0 Å². The van der Waals surface area contributed by atoms with E-state index in [0.29, 0.717) is 11.3 Å². The van der Waals surface area contributed by atoms with Crippen LogP contribution in [-0.4, -0.2) is 35.7 Å². The minimum atomic E-state index is -4.67. The molecule has 3 rings (SSSR count). The Morgan fingerprint density at radius 2 is 1.76 bits per heavy atom. The molecule has 2 aromatic rings. The quantitative estimate of drug-likeness (QED) is 0.766. The van der Waals surface area contributed by atoms with Gasteiger partial charge in [-0.25, -0.2) is 4.79 Å². The Labute approximate surface area is 164 Å². The number of Topliss-reactive ketones (excluding diaryl/α,β-unsaturated/α-hetero) is 1. The molecule has 1 aliphatic rings. The zero-order chi connectivity index (χ0) is 21.2. The monoisotopic (exact) mass is 405 g/mol. The molecule has 0 bridgehead atoms. The Kier molecular flexibility index (Phi) is 5.58. The molecule has 1 aliphatic heterocycles. The van der Waals surface area contributed by atoms with E-state index in [4.69, 9.17) is 0 Å². The number of benzene rings is 2. The highest BCUT2D eigenvalue weighted by Gasteiger charge is 2.41. The van der Waals surface area contributed by atoms with E-state index in [2.05, 4.69) is 10.6 Å². The molecule has 0 aliphatic carbocycles. The molecular weight excluding hydrogens is 387 g/mol. The molecular formula is C20H18F3N3O3. The predicted molar refractivity (Wildman–Crippen MR) is 99.4 cm³/mol. The number of halogens is 3. The second-order valence-electron chi connectivity index (χ2n) is 6.54. The first kappa shape index (κ1) is 20.4. The molecule has 0 aromatic heterocycles. The Balaban J connectivity index is 1.90. The molecule has 29 heavy (non-hydrogen) atoms. The molecule has 3 amide bonds. The number of carbonyl (C=O) groups excluding carboxylic acids is 3. The maximum Gasteiger partial charge on any atom is 0.416 e. The predicted octanol–water partition coefficient (Wildman–Crippen LogP) is 3.61. The van der Waals surface area contributed by atoms with E-state index in [1.807, 2.05) is 0 Å². The molecule has 0 radical (unpaired) electrons. The highest BCUT2D eigenvalue weighted by Crippen LogP contribution is 2.37. The lowest BCUT2D eigenvalue weighted by molar-refractivity contribution is -0.139. The van der Waals surface area contributed by atoms with Crippen molar-refractivity contribution in [3.05, 3.63) is 65.2 Å². The van der Waals surface area contributed by atoms with Crippen LogP contribution in [0.1, 0.15) is 34.5 Å². The summed E-state index contributed by atoms with van der Waals surface area (Å²) in [5.74, 6) is -0.825. The van der Waals surface area contributed by atoms with Crippen LogP contribution in [0.25, 0.3) is 0 Å². The van der Waals surface area contributed by atoms with Gasteiger partial charge >= 0.3 is 12.2 Å². The average Bonchev–Trinajstić information content (AvgIpc) is 2.67. The second-order valence-corrected chi connectivity index (χ2v) is 6.54. The number of carbonyl (C=O) groups is 3. The van der Waals surface area contributed by atoms with Crippen LogP contribution < -0.4 is 10.6 Å². The molecule has 1 fully saturated rings. The van der Waals surface area contributed by atoms with Gasteiger partial charge in [0, 0.05) is 24.3 Å². The van der Waals surface area contributed by atoms with Gasteiger partial charge in [0.1, 0.15) is 6.04 Å². The number of alkyl halides is 3. The number of hydrogen-bond acceptors (Lipinski definition) is 3. The number of nitrogens with zero attached hydrogens (tertiary/aromatic N) is 1. The van der Waals surface area contributed by atoms with Crippen LogP contribution in [0.5, 0.6) is 0 Å². The van der Waals surface area contributed by atoms with Gasteiger partial charge < -0.3 is 15.5 Å². The smallest absolute Gasteiger partial charge is 0.352 e. The van der Waals surface area contributed by atoms with E-state index in [1.54, 1.807) is 0 Å². The highest BCUT2D eigenvalue weighted by molar-refractivity contribution is 5.97. The fourth-order valence-electron chi connectivity index (χ4n) is 3.17. The van der Waals surface area contributed by atoms with E-state index in [-0.39, 0.29) is 24.4 Å². The average molecular weight is 405 g/mol. The molecule has 6 nitrogen and oxygen atoms in total. The van der Waals surface area contributed by atoms with E-state index in [9.17, 15) is 27.6 Å². The van der Waals surface area contributed by atoms with Gasteiger partial charge in [0.05, 0.1) is 5.56 Å². The van der Waals surface area contributed by atoms with E-state index < -0.39 is 29.7 Å². The fraction of sp³-hybridized carbons (Fsp3) is 0.250. The van der Waals surface area contributed by atoms with E-state index in [0.717, 1.165) is 11.0 Å². The van der Waals surface area contributed by atoms with Crippen LogP contribution in [0.2, 0.25) is 0 Å². The van der Waals surface area contributed by atoms with Crippen molar-refractivity contribution in [2.75, 3.05) is 18.4 Å². The van der Waals surface area contributed by atoms with E-state index in [1.165, 1.54) is 49.4 Å². The summed E-state index contributed by atoms with van der Waals surface area (Å²) < 4.78 is 40.3. The third kappa shape index (κ3) is 4.39. The Morgan fingerprint density at radius 3 is 2.38 bits per heavy atom. The minimum Gasteiger partial charge on any atom is -0.352 e. The number of piperazine rings is 1. The van der Waals surface area contributed by atoms with Crippen molar-refractivity contribution in [2.24, 2.45) is 0 Å². The molecule has 1 atom stereocenters. The lowest BCUT2D eigenvalue weighted by Crippen LogP contribution is -2.53. The summed E-state index contributed by atoms with van der Waals surface area (Å²) in [6.45, 7) is 1.57.